The van der Waals surface area contributed by atoms with Gasteiger partial charge in [0.2, 0.25) is 10.0 Å². The zero-order valence-electron chi connectivity index (χ0n) is 19.6. The first-order valence-electron chi connectivity index (χ1n) is 11.4. The molecule has 1 saturated carbocycles. The van der Waals surface area contributed by atoms with Gasteiger partial charge in [0.15, 0.2) is 5.65 Å². The van der Waals surface area contributed by atoms with E-state index in [9.17, 15) is 8.42 Å². The van der Waals surface area contributed by atoms with Gasteiger partial charge in [-0.25, -0.2) is 17.7 Å². The van der Waals surface area contributed by atoms with Crippen molar-refractivity contribution in [1.29, 1.82) is 0 Å². The molecule has 2 heterocycles. The molecule has 10 heteroatoms. The van der Waals surface area contributed by atoms with Crippen LogP contribution in [0.3, 0.4) is 0 Å². The Morgan fingerprint density at radius 3 is 2.55 bits per heavy atom. The van der Waals surface area contributed by atoms with Gasteiger partial charge >= 0.3 is 0 Å². The highest BCUT2D eigenvalue weighted by Crippen LogP contribution is 2.28. The van der Waals surface area contributed by atoms with E-state index in [0.717, 1.165) is 54.2 Å². The summed E-state index contributed by atoms with van der Waals surface area (Å²) in [6, 6.07) is 9.15. The molecule has 0 saturated heterocycles. The van der Waals surface area contributed by atoms with Crippen LogP contribution >= 0.6 is 0 Å². The van der Waals surface area contributed by atoms with Gasteiger partial charge in [-0.1, -0.05) is 13.8 Å². The summed E-state index contributed by atoms with van der Waals surface area (Å²) < 4.78 is 27.7. The lowest BCUT2D eigenvalue weighted by Crippen LogP contribution is -2.35. The smallest absolute Gasteiger partial charge is 0.242 e. The molecule has 4 rings (SSSR count). The third kappa shape index (κ3) is 4.97. The number of benzene rings is 1. The fourth-order valence-electron chi connectivity index (χ4n) is 4.19. The molecule has 2 aromatic heterocycles. The number of sulfonamides is 1. The highest BCUT2D eigenvalue weighted by Gasteiger charge is 2.21. The SMILES string of the molecule is CC(C)c1cnn2c(Nc3ccc(S(=O)(=O)N(C)C)cc3)cc(NC3CCCC(N)C3)nc12. The molecule has 178 valence electrons. The van der Waals surface area contributed by atoms with Crippen molar-refractivity contribution < 1.29 is 8.42 Å². The number of fused-ring (bicyclic) bond motifs is 1. The Labute approximate surface area is 195 Å². The van der Waals surface area contributed by atoms with Crippen LogP contribution in [0.25, 0.3) is 5.65 Å². The molecule has 3 aromatic rings. The monoisotopic (exact) mass is 471 g/mol. The summed E-state index contributed by atoms with van der Waals surface area (Å²) in [6.07, 6.45) is 6.02. The largest absolute Gasteiger partial charge is 0.367 e. The average Bonchev–Trinajstić information content (AvgIpc) is 3.18. The van der Waals surface area contributed by atoms with Crippen LogP contribution in [-0.4, -0.2) is 53.5 Å². The number of hydrogen-bond donors (Lipinski definition) is 3. The Hall–Kier alpha value is -2.69. The van der Waals surface area contributed by atoms with E-state index in [1.165, 1.54) is 18.4 Å². The molecule has 0 spiro atoms. The quantitative estimate of drug-likeness (QED) is 0.482. The van der Waals surface area contributed by atoms with Crippen LogP contribution in [0.4, 0.5) is 17.3 Å². The number of nitrogens with zero attached hydrogens (tertiary/aromatic N) is 4. The molecule has 0 aliphatic heterocycles. The van der Waals surface area contributed by atoms with Crippen LogP contribution in [0, 0.1) is 0 Å². The standard InChI is InChI=1S/C23H33N7O2S/c1-15(2)20-14-25-30-22(27-17-8-10-19(11-9-17)33(31,32)29(3)4)13-21(28-23(20)30)26-18-7-5-6-16(24)12-18/h8-11,13-16,18,27H,5-7,12,24H2,1-4H3,(H,26,28). The topological polar surface area (TPSA) is 118 Å². The van der Waals surface area contributed by atoms with E-state index < -0.39 is 10.0 Å². The molecule has 2 atom stereocenters. The van der Waals surface area contributed by atoms with Crippen molar-refractivity contribution in [1.82, 2.24) is 18.9 Å². The summed E-state index contributed by atoms with van der Waals surface area (Å²) in [5.41, 5.74) is 8.79. The highest BCUT2D eigenvalue weighted by molar-refractivity contribution is 7.89. The Morgan fingerprint density at radius 2 is 1.91 bits per heavy atom. The van der Waals surface area contributed by atoms with Crippen molar-refractivity contribution in [2.45, 2.75) is 62.4 Å². The third-order valence-corrected chi connectivity index (χ3v) is 7.92. The third-order valence-electron chi connectivity index (χ3n) is 6.09. The first-order chi connectivity index (χ1) is 15.6. The van der Waals surface area contributed by atoms with E-state index in [1.54, 1.807) is 28.8 Å². The van der Waals surface area contributed by atoms with E-state index in [2.05, 4.69) is 29.6 Å². The summed E-state index contributed by atoms with van der Waals surface area (Å²) in [5, 5.41) is 11.5. The van der Waals surface area contributed by atoms with Crippen molar-refractivity contribution in [3.8, 4) is 0 Å². The lowest BCUT2D eigenvalue weighted by molar-refractivity contribution is 0.409. The van der Waals surface area contributed by atoms with Crippen molar-refractivity contribution in [2.24, 2.45) is 5.73 Å². The van der Waals surface area contributed by atoms with Gasteiger partial charge in [-0.2, -0.15) is 9.61 Å². The van der Waals surface area contributed by atoms with Gasteiger partial charge < -0.3 is 16.4 Å². The summed E-state index contributed by atoms with van der Waals surface area (Å²) in [6.45, 7) is 4.24. The molecule has 1 aromatic carbocycles. The van der Waals surface area contributed by atoms with Crippen LogP contribution in [0.1, 0.15) is 51.0 Å². The number of nitrogens with one attached hydrogen (secondary N) is 2. The molecule has 33 heavy (non-hydrogen) atoms. The van der Waals surface area contributed by atoms with Crippen LogP contribution in [0.2, 0.25) is 0 Å². The summed E-state index contributed by atoms with van der Waals surface area (Å²) in [7, 11) is -0.436. The zero-order chi connectivity index (χ0) is 23.8. The second-order valence-corrected chi connectivity index (χ2v) is 11.4. The van der Waals surface area contributed by atoms with Gasteiger partial charge in [-0.15, -0.1) is 0 Å². The van der Waals surface area contributed by atoms with E-state index >= 15 is 0 Å². The lowest BCUT2D eigenvalue weighted by atomic mass is 9.92. The normalized spacial score (nSPS) is 19.4. The van der Waals surface area contributed by atoms with E-state index in [4.69, 9.17) is 10.7 Å². The number of rotatable bonds is 7. The lowest BCUT2D eigenvalue weighted by Gasteiger charge is -2.28. The van der Waals surface area contributed by atoms with Crippen molar-refractivity contribution >= 4 is 33.0 Å². The minimum absolute atomic E-state index is 0.218. The second-order valence-electron chi connectivity index (χ2n) is 9.22. The highest BCUT2D eigenvalue weighted by atomic mass is 32.2. The average molecular weight is 472 g/mol. The first-order valence-corrected chi connectivity index (χ1v) is 12.8. The van der Waals surface area contributed by atoms with Crippen LogP contribution in [0.5, 0.6) is 0 Å². The van der Waals surface area contributed by atoms with E-state index in [-0.39, 0.29) is 22.9 Å². The van der Waals surface area contributed by atoms with Gasteiger partial charge in [-0.05, 0) is 55.9 Å². The van der Waals surface area contributed by atoms with Gasteiger partial charge in [0.05, 0.1) is 11.1 Å². The molecular weight excluding hydrogens is 438 g/mol. The van der Waals surface area contributed by atoms with Crippen LogP contribution < -0.4 is 16.4 Å². The molecule has 1 aliphatic rings. The molecule has 0 amide bonds. The van der Waals surface area contributed by atoms with Gasteiger partial charge in [0.25, 0.3) is 0 Å². The Morgan fingerprint density at radius 1 is 1.18 bits per heavy atom. The minimum Gasteiger partial charge on any atom is -0.367 e. The molecule has 9 nitrogen and oxygen atoms in total. The molecule has 1 aliphatic carbocycles. The molecular formula is C23H33N7O2S. The molecule has 4 N–H and O–H groups in total. The Kier molecular flexibility index (Phi) is 6.60. The Bertz CT molecular complexity index is 1220. The van der Waals surface area contributed by atoms with E-state index in [0.29, 0.717) is 0 Å². The van der Waals surface area contributed by atoms with Gasteiger partial charge in [-0.3, -0.25) is 0 Å². The number of hydrogen-bond acceptors (Lipinski definition) is 7. The molecule has 2 unspecified atom stereocenters. The first kappa shape index (κ1) is 23.5. The van der Waals surface area contributed by atoms with E-state index in [1.807, 2.05) is 12.3 Å². The van der Waals surface area contributed by atoms with Crippen molar-refractivity contribution in [3.63, 3.8) is 0 Å². The molecule has 0 bridgehead atoms. The van der Waals surface area contributed by atoms with Crippen LogP contribution in [0.15, 0.2) is 41.4 Å². The molecule has 1 fully saturated rings. The molecule has 0 radical (unpaired) electrons. The predicted octanol–water partition coefficient (Wildman–Crippen LogP) is 3.53. The minimum atomic E-state index is -3.48. The maximum atomic E-state index is 12.4. The van der Waals surface area contributed by atoms with Crippen LogP contribution in [-0.2, 0) is 10.0 Å². The second kappa shape index (κ2) is 9.28. The number of anilines is 3. The maximum absolute atomic E-state index is 12.4. The summed E-state index contributed by atoms with van der Waals surface area (Å²) in [5.74, 6) is 1.80. The zero-order valence-corrected chi connectivity index (χ0v) is 20.4. The summed E-state index contributed by atoms with van der Waals surface area (Å²) >= 11 is 0. The van der Waals surface area contributed by atoms with Crippen molar-refractivity contribution in [2.75, 3.05) is 24.7 Å². The maximum Gasteiger partial charge on any atom is 0.242 e. The number of nitrogens with two attached hydrogens (primary N) is 1. The van der Waals surface area contributed by atoms with Crippen molar-refractivity contribution in [3.05, 3.63) is 42.1 Å². The predicted molar refractivity (Wildman–Crippen MR) is 132 cm³/mol. The fourth-order valence-corrected chi connectivity index (χ4v) is 5.09. The van der Waals surface area contributed by atoms with Gasteiger partial charge in [0, 0.05) is 43.5 Å². The Balaban J connectivity index is 1.67. The summed E-state index contributed by atoms with van der Waals surface area (Å²) in [4.78, 5) is 5.11. The number of aromatic nitrogens is 3. The fraction of sp³-hybridized carbons (Fsp3) is 0.478. The van der Waals surface area contributed by atoms with Gasteiger partial charge in [0.1, 0.15) is 11.6 Å².